The molecule has 20 heavy (non-hydrogen) atoms. The van der Waals surface area contributed by atoms with E-state index in [1.165, 1.54) is 0 Å². The predicted molar refractivity (Wildman–Crippen MR) is 78.6 cm³/mol. The Labute approximate surface area is 121 Å². The predicted octanol–water partition coefficient (Wildman–Crippen LogP) is 2.71. The van der Waals surface area contributed by atoms with Crippen LogP contribution in [0.3, 0.4) is 0 Å². The fourth-order valence-corrected chi connectivity index (χ4v) is 2.74. The molecule has 5 heteroatoms. The normalized spacial score (nSPS) is 24.2. The highest BCUT2D eigenvalue weighted by Gasteiger charge is 2.28. The molecule has 1 aliphatic rings. The number of nitrogens with one attached hydrogen (secondary N) is 1. The number of aliphatic carboxylic acids is 1. The Morgan fingerprint density at radius 2 is 1.80 bits per heavy atom. The second-order valence-corrected chi connectivity index (χ2v) is 6.49. The van der Waals surface area contributed by atoms with Crippen LogP contribution in [0.5, 0.6) is 0 Å². The largest absolute Gasteiger partial charge is 0.480 e. The molecular weight excluding hydrogens is 256 g/mol. The molecule has 5 nitrogen and oxygen atoms in total. The van der Waals surface area contributed by atoms with Crippen molar-refractivity contribution in [3.63, 3.8) is 0 Å². The molecule has 2 N–H and O–H groups in total. The summed E-state index contributed by atoms with van der Waals surface area (Å²) in [7, 11) is 1.77. The number of hydrogen-bond donors (Lipinski definition) is 2. The number of nitrogens with zero attached hydrogens (tertiary/aromatic N) is 1. The van der Waals surface area contributed by atoms with E-state index in [1.807, 2.05) is 13.8 Å². The van der Waals surface area contributed by atoms with Gasteiger partial charge in [-0.15, -0.1) is 0 Å². The van der Waals surface area contributed by atoms with Crippen LogP contribution < -0.4 is 5.32 Å². The van der Waals surface area contributed by atoms with Crippen molar-refractivity contribution in [2.75, 3.05) is 7.05 Å². The van der Waals surface area contributed by atoms with E-state index in [-0.39, 0.29) is 18.0 Å². The van der Waals surface area contributed by atoms with Gasteiger partial charge >= 0.3 is 12.0 Å². The van der Waals surface area contributed by atoms with E-state index in [0.717, 1.165) is 31.6 Å². The van der Waals surface area contributed by atoms with Crippen molar-refractivity contribution in [2.24, 2.45) is 11.8 Å². The Balaban J connectivity index is 2.53. The fourth-order valence-electron chi connectivity index (χ4n) is 2.74. The first-order chi connectivity index (χ1) is 9.31. The summed E-state index contributed by atoms with van der Waals surface area (Å²) in [6, 6.07) is -0.829. The van der Waals surface area contributed by atoms with E-state index >= 15 is 0 Å². The third-order valence-corrected chi connectivity index (χ3v) is 4.16. The summed E-state index contributed by atoms with van der Waals surface area (Å²) in [4.78, 5) is 25.0. The molecule has 1 rings (SSSR count). The molecule has 1 unspecified atom stereocenters. The number of carboxylic acids is 1. The number of rotatable bonds is 5. The zero-order valence-corrected chi connectivity index (χ0v) is 13.1. The number of carboxylic acid groups (broad SMARTS) is 1. The van der Waals surface area contributed by atoms with E-state index in [2.05, 4.69) is 12.2 Å². The lowest BCUT2D eigenvalue weighted by Gasteiger charge is -2.34. The molecule has 1 fully saturated rings. The number of carbonyl (C=O) groups excluding carboxylic acids is 1. The van der Waals surface area contributed by atoms with Gasteiger partial charge in [-0.1, -0.05) is 20.8 Å². The monoisotopic (exact) mass is 284 g/mol. The maximum Gasteiger partial charge on any atom is 0.326 e. The van der Waals surface area contributed by atoms with Crippen LogP contribution in [0.15, 0.2) is 0 Å². The van der Waals surface area contributed by atoms with Gasteiger partial charge in [-0.05, 0) is 43.9 Å². The van der Waals surface area contributed by atoms with E-state index in [1.54, 1.807) is 11.9 Å². The molecule has 0 aromatic rings. The minimum Gasteiger partial charge on any atom is -0.480 e. The van der Waals surface area contributed by atoms with Crippen LogP contribution in [0.25, 0.3) is 0 Å². The quantitative estimate of drug-likeness (QED) is 0.815. The van der Waals surface area contributed by atoms with Crippen molar-refractivity contribution in [3.05, 3.63) is 0 Å². The summed E-state index contributed by atoms with van der Waals surface area (Å²) in [5.41, 5.74) is 0. The third kappa shape index (κ3) is 5.02. The van der Waals surface area contributed by atoms with Crippen LogP contribution in [0.2, 0.25) is 0 Å². The minimum atomic E-state index is -0.960. The number of carbonyl (C=O) groups is 2. The molecule has 0 spiro atoms. The first-order valence-electron chi connectivity index (χ1n) is 7.57. The maximum atomic E-state index is 12.2. The van der Waals surface area contributed by atoms with Crippen LogP contribution in [0, 0.1) is 11.8 Å². The van der Waals surface area contributed by atoms with Crippen molar-refractivity contribution in [2.45, 2.75) is 65.0 Å². The minimum absolute atomic E-state index is 0.234. The van der Waals surface area contributed by atoms with E-state index in [9.17, 15) is 9.59 Å². The zero-order chi connectivity index (χ0) is 15.3. The van der Waals surface area contributed by atoms with Gasteiger partial charge in [-0.3, -0.25) is 0 Å². The van der Waals surface area contributed by atoms with E-state index in [4.69, 9.17) is 5.11 Å². The molecule has 0 radical (unpaired) electrons. The molecule has 0 bridgehead atoms. The topological polar surface area (TPSA) is 69.6 Å². The molecular formula is C15H28N2O3. The van der Waals surface area contributed by atoms with E-state index in [0.29, 0.717) is 6.42 Å². The van der Waals surface area contributed by atoms with Gasteiger partial charge in [0, 0.05) is 13.1 Å². The summed E-state index contributed by atoms with van der Waals surface area (Å²) >= 11 is 0. The molecule has 1 aliphatic carbocycles. The average Bonchev–Trinajstić information content (AvgIpc) is 2.37. The first-order valence-corrected chi connectivity index (χ1v) is 7.57. The Bertz CT molecular complexity index is 336. The summed E-state index contributed by atoms with van der Waals surface area (Å²) in [5, 5.41) is 11.8. The Kier molecular flexibility index (Phi) is 6.30. The van der Waals surface area contributed by atoms with Crippen molar-refractivity contribution in [1.29, 1.82) is 0 Å². The van der Waals surface area contributed by atoms with E-state index < -0.39 is 12.0 Å². The van der Waals surface area contributed by atoms with Gasteiger partial charge in [0.05, 0.1) is 0 Å². The molecule has 0 aromatic heterocycles. The Morgan fingerprint density at radius 3 is 2.25 bits per heavy atom. The maximum absolute atomic E-state index is 12.2. The number of amides is 2. The average molecular weight is 284 g/mol. The molecule has 2 amide bonds. The van der Waals surface area contributed by atoms with Crippen LogP contribution in [-0.2, 0) is 4.79 Å². The van der Waals surface area contributed by atoms with Gasteiger partial charge in [0.2, 0.25) is 0 Å². The molecule has 0 saturated heterocycles. The number of urea groups is 1. The molecule has 0 aromatic carbocycles. The first kappa shape index (κ1) is 16.8. The molecule has 116 valence electrons. The lowest BCUT2D eigenvalue weighted by Crippen LogP contribution is -2.50. The van der Waals surface area contributed by atoms with Gasteiger partial charge in [0.15, 0.2) is 0 Å². The fraction of sp³-hybridized carbons (Fsp3) is 0.867. The highest BCUT2D eigenvalue weighted by molar-refractivity contribution is 5.82. The summed E-state index contributed by atoms with van der Waals surface area (Å²) in [5.74, 6) is 0.00497. The van der Waals surface area contributed by atoms with Crippen molar-refractivity contribution in [1.82, 2.24) is 10.2 Å². The van der Waals surface area contributed by atoms with Crippen molar-refractivity contribution < 1.29 is 14.7 Å². The number of hydrogen-bond acceptors (Lipinski definition) is 2. The van der Waals surface area contributed by atoms with Crippen LogP contribution in [0.4, 0.5) is 4.79 Å². The summed E-state index contributed by atoms with van der Waals surface area (Å²) in [6.45, 7) is 6.14. The summed E-state index contributed by atoms with van der Waals surface area (Å²) in [6.07, 6.45) is 4.74. The summed E-state index contributed by atoms with van der Waals surface area (Å²) < 4.78 is 0. The molecule has 1 atom stereocenters. The Hall–Kier alpha value is -1.26. The van der Waals surface area contributed by atoms with Crippen molar-refractivity contribution >= 4 is 12.0 Å². The van der Waals surface area contributed by atoms with Crippen LogP contribution in [0.1, 0.15) is 52.9 Å². The molecule has 0 heterocycles. The van der Waals surface area contributed by atoms with Crippen LogP contribution >= 0.6 is 0 Å². The van der Waals surface area contributed by atoms with Gasteiger partial charge in [-0.2, -0.15) is 0 Å². The van der Waals surface area contributed by atoms with Gasteiger partial charge in [-0.25, -0.2) is 9.59 Å². The third-order valence-electron chi connectivity index (χ3n) is 4.16. The molecule has 0 aliphatic heterocycles. The zero-order valence-electron chi connectivity index (χ0n) is 13.1. The molecule has 1 saturated carbocycles. The lowest BCUT2D eigenvalue weighted by molar-refractivity contribution is -0.139. The smallest absolute Gasteiger partial charge is 0.326 e. The lowest BCUT2D eigenvalue weighted by atomic mass is 9.87. The second-order valence-electron chi connectivity index (χ2n) is 6.49. The standard InChI is InChI=1S/C15H28N2O3/c1-10(2)9-13(14(18)19)16-15(20)17(4)12-7-5-11(3)6-8-12/h10-13H,5-9H2,1-4H3,(H,16,20)(H,18,19). The van der Waals surface area contributed by atoms with Crippen LogP contribution in [-0.4, -0.2) is 41.1 Å². The van der Waals surface area contributed by atoms with Gasteiger partial charge < -0.3 is 15.3 Å². The Morgan fingerprint density at radius 1 is 1.25 bits per heavy atom. The highest BCUT2D eigenvalue weighted by Crippen LogP contribution is 2.26. The van der Waals surface area contributed by atoms with Gasteiger partial charge in [0.25, 0.3) is 0 Å². The SMILES string of the molecule is CC(C)CC(NC(=O)N(C)C1CCC(C)CC1)C(=O)O. The second kappa shape index (κ2) is 7.50. The van der Waals surface area contributed by atoms with Gasteiger partial charge in [0.1, 0.15) is 6.04 Å². The highest BCUT2D eigenvalue weighted by atomic mass is 16.4. The van der Waals surface area contributed by atoms with Crippen molar-refractivity contribution in [3.8, 4) is 0 Å².